The predicted molar refractivity (Wildman–Crippen MR) is 232 cm³/mol. The van der Waals surface area contributed by atoms with E-state index in [0.717, 1.165) is 23.8 Å². The van der Waals surface area contributed by atoms with Crippen LogP contribution in [0.3, 0.4) is 0 Å². The van der Waals surface area contributed by atoms with Crippen LogP contribution in [0.25, 0.3) is 39.0 Å². The first-order valence-corrected chi connectivity index (χ1v) is 23.0. The second-order valence-electron chi connectivity index (χ2n) is 18.8. The van der Waals surface area contributed by atoms with Crippen LogP contribution in [0.1, 0.15) is 92.8 Å². The molecule has 13 nitrogen and oxygen atoms in total. The third-order valence-corrected chi connectivity index (χ3v) is 16.3. The van der Waals surface area contributed by atoms with Gasteiger partial charge in [0.05, 0.1) is 57.4 Å². The van der Waals surface area contributed by atoms with Gasteiger partial charge in [-0.3, -0.25) is 13.8 Å². The minimum Gasteiger partial charge on any atom is -0.376 e. The quantitative estimate of drug-likeness (QED) is 0.159. The Morgan fingerprint density at radius 3 is 2.38 bits per heavy atom. The van der Waals surface area contributed by atoms with Gasteiger partial charge in [-0.1, -0.05) is 13.0 Å². The third kappa shape index (κ3) is 5.74. The zero-order chi connectivity index (χ0) is 44.1. The number of imidazole rings is 1. The van der Waals surface area contributed by atoms with Gasteiger partial charge in [0.1, 0.15) is 17.2 Å². The summed E-state index contributed by atoms with van der Waals surface area (Å²) in [6, 6.07) is 15.7. The summed E-state index contributed by atoms with van der Waals surface area (Å²) >= 11 is 0. The Hall–Kier alpha value is -5.89. The minimum atomic E-state index is -4.32. The van der Waals surface area contributed by atoms with Crippen LogP contribution in [0, 0.1) is 42.7 Å². The summed E-state index contributed by atoms with van der Waals surface area (Å²) < 4.78 is 77.7. The van der Waals surface area contributed by atoms with Gasteiger partial charge in [-0.15, -0.1) is 0 Å². The second-order valence-corrected chi connectivity index (χ2v) is 20.6. The van der Waals surface area contributed by atoms with E-state index in [9.17, 15) is 10.1 Å². The Morgan fingerprint density at radius 2 is 1.67 bits per heavy atom. The number of hydrogen-bond donors (Lipinski definition) is 0. The molecule has 16 heteroatoms. The van der Waals surface area contributed by atoms with Crippen LogP contribution in [-0.2, 0) is 33.8 Å². The average molecular weight is 872 g/mol. The van der Waals surface area contributed by atoms with Crippen molar-refractivity contribution in [2.45, 2.75) is 107 Å². The fraction of sp³-hybridized carbons (Fsp3) is 0.404. The maximum absolute atomic E-state index is 16.1. The van der Waals surface area contributed by atoms with Gasteiger partial charge in [-0.2, -0.15) is 19.8 Å². The van der Waals surface area contributed by atoms with E-state index in [4.69, 9.17) is 9.84 Å². The van der Waals surface area contributed by atoms with Crippen LogP contribution >= 0.6 is 0 Å². The van der Waals surface area contributed by atoms with Crippen LogP contribution in [0.15, 0.2) is 76.9 Å². The molecule has 2 saturated heterocycles. The molecule has 3 aliphatic heterocycles. The van der Waals surface area contributed by atoms with Gasteiger partial charge in [0.2, 0.25) is 0 Å². The minimum absolute atomic E-state index is 0.0232. The first kappa shape index (κ1) is 39.9. The number of aromatic nitrogens is 7. The number of sulfonamides is 1. The van der Waals surface area contributed by atoms with E-state index in [1.807, 2.05) is 13.0 Å². The van der Waals surface area contributed by atoms with Crippen LogP contribution in [0.2, 0.25) is 0 Å². The van der Waals surface area contributed by atoms with Crippen molar-refractivity contribution < 1.29 is 21.9 Å². The van der Waals surface area contributed by atoms with E-state index in [2.05, 4.69) is 37.1 Å². The Labute approximate surface area is 362 Å². The Bertz CT molecular complexity index is 3290. The number of nitriles is 1. The summed E-state index contributed by atoms with van der Waals surface area (Å²) in [7, 11) is -2.61. The lowest BCUT2D eigenvalue weighted by Gasteiger charge is -2.35. The molecule has 0 amide bonds. The van der Waals surface area contributed by atoms with E-state index in [1.54, 1.807) is 63.4 Å². The van der Waals surface area contributed by atoms with E-state index in [-0.39, 0.29) is 45.8 Å². The molecule has 1 aliphatic carbocycles. The molecular formula is C47H47F2N9O4S. The predicted octanol–water partition coefficient (Wildman–Crippen LogP) is 7.93. The zero-order valence-corrected chi connectivity index (χ0v) is 36.7. The molecule has 3 fully saturated rings. The van der Waals surface area contributed by atoms with Gasteiger partial charge >= 0.3 is 5.69 Å². The molecule has 0 unspecified atom stereocenters. The first-order valence-electron chi connectivity index (χ1n) is 21.6. The van der Waals surface area contributed by atoms with Crippen molar-refractivity contribution in [3.05, 3.63) is 117 Å². The van der Waals surface area contributed by atoms with Crippen molar-refractivity contribution >= 4 is 31.8 Å². The van der Waals surface area contributed by atoms with Gasteiger partial charge in [0.25, 0.3) is 10.0 Å². The molecule has 3 aromatic carbocycles. The van der Waals surface area contributed by atoms with Gasteiger partial charge in [-0.05, 0) is 131 Å². The fourth-order valence-corrected chi connectivity index (χ4v) is 13.1. The van der Waals surface area contributed by atoms with Crippen LogP contribution in [-0.4, -0.2) is 64.2 Å². The highest BCUT2D eigenvalue weighted by atomic mass is 32.2. The number of halogens is 2. The molecule has 0 N–H and O–H groups in total. The topological polar surface area (TPSA) is 138 Å². The standard InChI is InChI=1S/C47H47F2N9O4S/c1-26-17-33(18-27(2)42(26)48)57-44(55-15-14-54(45(55)59)39-12-11-37-34(43(39)49)24-51-53(37)6)41-35(52-57)21-32-8-10-38(41)58(32)63(60,61)40-20-31-19-29(30-13-16-62-46(4,5)23-30)7-9-36(31)56(40)47(25-50)22-28(47)3/h7,9,11-12,14-15,17-20,24,28,30,32,38H,8,10,13,16,21-23H2,1-6H3/t28-,30-,32+,38-,47+/m0/s1. The normalized spacial score (nSPS) is 24.3. The van der Waals surface area contributed by atoms with E-state index >= 15 is 17.2 Å². The molecule has 4 aromatic heterocycles. The second kappa shape index (κ2) is 13.6. The molecule has 7 heterocycles. The first-order chi connectivity index (χ1) is 30.0. The molecule has 2 bridgehead atoms. The monoisotopic (exact) mass is 871 g/mol. The summed E-state index contributed by atoms with van der Waals surface area (Å²) in [5, 5.41) is 21.1. The molecule has 0 radical (unpaired) electrons. The van der Waals surface area contributed by atoms with Crippen molar-refractivity contribution in [3.8, 4) is 23.3 Å². The van der Waals surface area contributed by atoms with Gasteiger partial charge in [0, 0.05) is 49.5 Å². The molecule has 324 valence electrons. The Balaban J connectivity index is 1.08. The average Bonchev–Trinajstić information content (AvgIpc) is 3.83. The number of benzene rings is 3. The van der Waals surface area contributed by atoms with Gasteiger partial charge < -0.3 is 9.30 Å². The number of fused-ring (bicyclic) bond motifs is 6. The highest BCUT2D eigenvalue weighted by Gasteiger charge is 2.58. The number of ether oxygens (including phenoxy) is 1. The number of aryl methyl sites for hydroxylation is 3. The highest BCUT2D eigenvalue weighted by molar-refractivity contribution is 7.89. The van der Waals surface area contributed by atoms with Crippen molar-refractivity contribution in [3.63, 3.8) is 0 Å². The van der Waals surface area contributed by atoms with Crippen molar-refractivity contribution in [1.82, 2.24) is 37.6 Å². The molecule has 0 spiro atoms. The lowest BCUT2D eigenvalue weighted by molar-refractivity contribution is -0.0592. The van der Waals surface area contributed by atoms with Crippen LogP contribution in [0.4, 0.5) is 8.78 Å². The summed E-state index contributed by atoms with van der Waals surface area (Å²) in [5.41, 5.74) is 2.90. The summed E-state index contributed by atoms with van der Waals surface area (Å²) in [5.74, 6) is -0.520. The third-order valence-electron chi connectivity index (χ3n) is 14.3. The molecule has 63 heavy (non-hydrogen) atoms. The van der Waals surface area contributed by atoms with Crippen LogP contribution in [0.5, 0.6) is 0 Å². The summed E-state index contributed by atoms with van der Waals surface area (Å²) in [6.07, 6.45) is 7.89. The Morgan fingerprint density at radius 1 is 0.937 bits per heavy atom. The van der Waals surface area contributed by atoms with Gasteiger partial charge in [-0.25, -0.2) is 26.7 Å². The van der Waals surface area contributed by atoms with Crippen LogP contribution < -0.4 is 5.69 Å². The maximum Gasteiger partial charge on any atom is 0.338 e. The van der Waals surface area contributed by atoms with Crippen molar-refractivity contribution in [2.75, 3.05) is 6.61 Å². The largest absolute Gasteiger partial charge is 0.376 e. The summed E-state index contributed by atoms with van der Waals surface area (Å²) in [6.45, 7) is 10.1. The van der Waals surface area contributed by atoms with E-state index in [1.165, 1.54) is 33.8 Å². The molecule has 1 saturated carbocycles. The highest BCUT2D eigenvalue weighted by Crippen LogP contribution is 2.55. The molecule has 5 atom stereocenters. The molecule has 4 aliphatic rings. The molecular weight excluding hydrogens is 825 g/mol. The van der Waals surface area contributed by atoms with Crippen molar-refractivity contribution in [1.29, 1.82) is 5.26 Å². The Kier molecular flexibility index (Phi) is 8.59. The molecule has 7 aromatic rings. The van der Waals surface area contributed by atoms with E-state index < -0.39 is 39.2 Å². The van der Waals surface area contributed by atoms with Gasteiger partial charge in [0.15, 0.2) is 10.8 Å². The van der Waals surface area contributed by atoms with Crippen molar-refractivity contribution in [2.24, 2.45) is 13.0 Å². The lowest BCUT2D eigenvalue weighted by atomic mass is 9.83. The van der Waals surface area contributed by atoms with E-state index in [0.29, 0.717) is 70.8 Å². The fourth-order valence-electron chi connectivity index (χ4n) is 11.0. The zero-order valence-electron chi connectivity index (χ0n) is 35.9. The maximum atomic E-state index is 16.1. The lowest BCUT2D eigenvalue weighted by Crippen LogP contribution is -2.43. The number of rotatable bonds is 7. The number of nitrogens with zero attached hydrogens (tertiary/aromatic N) is 9. The molecule has 11 rings (SSSR count). The smallest absolute Gasteiger partial charge is 0.338 e. The SMILES string of the molecule is Cc1cc(-n2nc3c(c2-n2ccn(-c4ccc5c(cnn5C)c4F)c2=O)[C@@H]2CC[C@H](C3)N2S(=O)(=O)c2cc3cc([C@H]4CCOC(C)(C)C4)ccc3n2[C@@]2(C#N)C[C@@H]2C)cc(C)c1F. The number of hydrogen-bond acceptors (Lipinski definition) is 7. The summed E-state index contributed by atoms with van der Waals surface area (Å²) in [4.78, 5) is 14.7.